The third-order valence-corrected chi connectivity index (χ3v) is 11.0. The Bertz CT molecular complexity index is 1480. The molecular formula is C41H61N7O4. The van der Waals surface area contributed by atoms with Crippen molar-refractivity contribution < 1.29 is 19.1 Å². The highest BCUT2D eigenvalue weighted by molar-refractivity contribution is 6.03. The Morgan fingerprint density at radius 2 is 1.00 bits per heavy atom. The number of rotatable bonds is 11. The number of piperidine rings is 2. The lowest BCUT2D eigenvalue weighted by Gasteiger charge is -2.37. The molecule has 0 saturated carbocycles. The highest BCUT2D eigenvalue weighted by Gasteiger charge is 2.28. The Kier molecular flexibility index (Phi) is 13.2. The zero-order chi connectivity index (χ0) is 36.5. The molecule has 4 aliphatic rings. The molecule has 4 aliphatic heterocycles. The molecule has 52 heavy (non-hydrogen) atoms. The number of hydrogen-bond acceptors (Lipinski definition) is 9. The number of piperazine rings is 2. The van der Waals surface area contributed by atoms with Gasteiger partial charge in [-0.2, -0.15) is 0 Å². The second kappa shape index (κ2) is 18.0. The Morgan fingerprint density at radius 3 is 1.48 bits per heavy atom. The SMILES string of the molecule is CC(C)(C)OC(=O)c1ccc(Nc2cc(C(=O)N3CCN(CCN4CCCCC4)CC3)ccc2C(=O)N2CCN(CCN3CCCCC3)CC2)cc1. The number of amides is 2. The molecule has 1 N–H and O–H groups in total. The van der Waals surface area contributed by atoms with Gasteiger partial charge in [0.05, 0.1) is 16.8 Å². The van der Waals surface area contributed by atoms with Gasteiger partial charge in [-0.05, 0) is 115 Å². The molecule has 284 valence electrons. The van der Waals surface area contributed by atoms with Crippen LogP contribution in [-0.2, 0) is 4.74 Å². The van der Waals surface area contributed by atoms with Gasteiger partial charge in [0.1, 0.15) is 5.60 Å². The summed E-state index contributed by atoms with van der Waals surface area (Å²) < 4.78 is 5.54. The molecule has 0 atom stereocenters. The van der Waals surface area contributed by atoms with Crippen LogP contribution in [-0.4, -0.2) is 158 Å². The molecule has 11 heteroatoms. The fourth-order valence-electron chi connectivity index (χ4n) is 7.78. The van der Waals surface area contributed by atoms with Gasteiger partial charge >= 0.3 is 5.97 Å². The summed E-state index contributed by atoms with van der Waals surface area (Å²) in [6.07, 6.45) is 7.89. The number of nitrogens with one attached hydrogen (secondary N) is 1. The molecule has 4 heterocycles. The van der Waals surface area contributed by atoms with Crippen molar-refractivity contribution in [3.63, 3.8) is 0 Å². The van der Waals surface area contributed by atoms with Gasteiger partial charge in [0, 0.05) is 89.8 Å². The molecule has 11 nitrogen and oxygen atoms in total. The van der Waals surface area contributed by atoms with E-state index >= 15 is 0 Å². The summed E-state index contributed by atoms with van der Waals surface area (Å²) in [5.41, 5.74) is 2.28. The summed E-state index contributed by atoms with van der Waals surface area (Å²) in [6.45, 7) is 20.8. The molecule has 4 fully saturated rings. The quantitative estimate of drug-likeness (QED) is 0.328. The summed E-state index contributed by atoms with van der Waals surface area (Å²) in [4.78, 5) is 54.6. The lowest BCUT2D eigenvalue weighted by molar-refractivity contribution is 0.00692. The monoisotopic (exact) mass is 715 g/mol. The number of benzene rings is 2. The minimum atomic E-state index is -0.589. The first-order valence-electron chi connectivity index (χ1n) is 19.8. The summed E-state index contributed by atoms with van der Waals surface area (Å²) >= 11 is 0. The minimum Gasteiger partial charge on any atom is -0.456 e. The standard InChI is InChI=1S/C41H61N7O4/c1-41(2,3)52-40(51)33-10-13-35(14-11-33)42-37-32-34(38(49)47-28-24-45(25-29-47)22-20-43-16-6-4-7-17-43)12-15-36(37)39(50)48-30-26-46(27-31-48)23-21-44-18-8-5-9-19-44/h10-15,32,42H,4-9,16-31H2,1-3H3. The van der Waals surface area contributed by atoms with E-state index in [0.717, 1.165) is 58.0 Å². The van der Waals surface area contributed by atoms with Crippen LogP contribution in [0.25, 0.3) is 0 Å². The maximum Gasteiger partial charge on any atom is 0.338 e. The summed E-state index contributed by atoms with van der Waals surface area (Å²) in [5, 5.41) is 3.43. The van der Waals surface area contributed by atoms with Gasteiger partial charge < -0.3 is 29.7 Å². The maximum atomic E-state index is 14.1. The van der Waals surface area contributed by atoms with E-state index in [4.69, 9.17) is 4.74 Å². The van der Waals surface area contributed by atoms with Crippen molar-refractivity contribution in [2.45, 2.75) is 64.9 Å². The Labute approximate surface area is 311 Å². The van der Waals surface area contributed by atoms with E-state index < -0.39 is 5.60 Å². The molecule has 0 bridgehead atoms. The van der Waals surface area contributed by atoms with Gasteiger partial charge in [0.2, 0.25) is 0 Å². The normalized spacial score (nSPS) is 20.1. The zero-order valence-electron chi connectivity index (χ0n) is 31.9. The van der Waals surface area contributed by atoms with Crippen molar-refractivity contribution in [1.82, 2.24) is 29.4 Å². The van der Waals surface area contributed by atoms with Gasteiger partial charge in [0.15, 0.2) is 0 Å². The first-order chi connectivity index (χ1) is 25.1. The van der Waals surface area contributed by atoms with E-state index in [2.05, 4.69) is 24.9 Å². The molecule has 2 aromatic carbocycles. The summed E-state index contributed by atoms with van der Waals surface area (Å²) in [6, 6.07) is 12.5. The van der Waals surface area contributed by atoms with Crippen LogP contribution in [0, 0.1) is 0 Å². The summed E-state index contributed by atoms with van der Waals surface area (Å²) in [5.74, 6) is -0.436. The van der Waals surface area contributed by atoms with Gasteiger partial charge in [0.25, 0.3) is 11.8 Å². The van der Waals surface area contributed by atoms with Gasteiger partial charge in [-0.1, -0.05) is 12.8 Å². The Hall–Kier alpha value is -3.51. The number of anilines is 2. The predicted molar refractivity (Wildman–Crippen MR) is 207 cm³/mol. The minimum absolute atomic E-state index is 0.0136. The number of ether oxygens (including phenoxy) is 1. The molecule has 0 unspecified atom stereocenters. The highest BCUT2D eigenvalue weighted by atomic mass is 16.6. The molecule has 2 amide bonds. The molecule has 6 rings (SSSR count). The first-order valence-corrected chi connectivity index (χ1v) is 19.8. The van der Waals surface area contributed by atoms with Crippen LogP contribution >= 0.6 is 0 Å². The van der Waals surface area contributed by atoms with E-state index in [0.29, 0.717) is 48.6 Å². The first kappa shape index (κ1) is 38.2. The second-order valence-electron chi connectivity index (χ2n) is 16.0. The van der Waals surface area contributed by atoms with Crippen LogP contribution in [0.1, 0.15) is 90.4 Å². The highest BCUT2D eigenvalue weighted by Crippen LogP contribution is 2.27. The van der Waals surface area contributed by atoms with E-state index in [9.17, 15) is 14.4 Å². The third-order valence-electron chi connectivity index (χ3n) is 11.0. The molecule has 0 aliphatic carbocycles. The number of hydrogen-bond donors (Lipinski definition) is 1. The fraction of sp³-hybridized carbons (Fsp3) is 0.634. The van der Waals surface area contributed by atoms with Crippen LogP contribution in [0.3, 0.4) is 0 Å². The lowest BCUT2D eigenvalue weighted by atomic mass is 10.0. The maximum absolute atomic E-state index is 14.1. The molecule has 0 aromatic heterocycles. The van der Waals surface area contributed by atoms with Gasteiger partial charge in [-0.3, -0.25) is 19.4 Å². The van der Waals surface area contributed by atoms with Crippen LogP contribution in [0.4, 0.5) is 11.4 Å². The Balaban J connectivity index is 1.11. The van der Waals surface area contributed by atoms with Crippen molar-refractivity contribution in [2.75, 3.05) is 110 Å². The van der Waals surface area contributed by atoms with Crippen molar-refractivity contribution in [3.05, 3.63) is 59.2 Å². The largest absolute Gasteiger partial charge is 0.456 e. The zero-order valence-corrected chi connectivity index (χ0v) is 31.9. The Morgan fingerprint density at radius 1 is 0.558 bits per heavy atom. The number of likely N-dealkylation sites (tertiary alicyclic amines) is 2. The van der Waals surface area contributed by atoms with Crippen LogP contribution < -0.4 is 5.32 Å². The van der Waals surface area contributed by atoms with Crippen molar-refractivity contribution >= 4 is 29.2 Å². The lowest BCUT2D eigenvalue weighted by Crippen LogP contribution is -2.50. The van der Waals surface area contributed by atoms with Crippen LogP contribution in [0.15, 0.2) is 42.5 Å². The van der Waals surface area contributed by atoms with E-state index in [1.165, 1.54) is 64.7 Å². The predicted octanol–water partition coefficient (Wildman–Crippen LogP) is 4.87. The number of carbonyl (C=O) groups is 3. The smallest absolute Gasteiger partial charge is 0.338 e. The van der Waals surface area contributed by atoms with Crippen LogP contribution in [0.5, 0.6) is 0 Å². The second-order valence-corrected chi connectivity index (χ2v) is 16.0. The van der Waals surface area contributed by atoms with Crippen LogP contribution in [0.2, 0.25) is 0 Å². The fourth-order valence-corrected chi connectivity index (χ4v) is 7.78. The molecule has 2 aromatic rings. The third kappa shape index (κ3) is 10.8. The number of nitrogens with zero attached hydrogens (tertiary/aromatic N) is 6. The number of esters is 1. The molecular weight excluding hydrogens is 654 g/mol. The topological polar surface area (TPSA) is 91.9 Å². The van der Waals surface area contributed by atoms with Crippen molar-refractivity contribution in [1.29, 1.82) is 0 Å². The van der Waals surface area contributed by atoms with E-state index in [1.54, 1.807) is 12.1 Å². The number of carbonyl (C=O) groups excluding carboxylic acids is 3. The molecule has 0 spiro atoms. The summed E-state index contributed by atoms with van der Waals surface area (Å²) in [7, 11) is 0. The van der Waals surface area contributed by atoms with Gasteiger partial charge in [-0.25, -0.2) is 4.79 Å². The van der Waals surface area contributed by atoms with Crippen molar-refractivity contribution in [2.24, 2.45) is 0 Å². The van der Waals surface area contributed by atoms with E-state index in [1.807, 2.05) is 60.9 Å². The molecule has 4 saturated heterocycles. The molecule has 0 radical (unpaired) electrons. The van der Waals surface area contributed by atoms with E-state index in [-0.39, 0.29) is 17.8 Å². The average molecular weight is 716 g/mol. The van der Waals surface area contributed by atoms with Crippen molar-refractivity contribution in [3.8, 4) is 0 Å². The van der Waals surface area contributed by atoms with Gasteiger partial charge in [-0.15, -0.1) is 0 Å². The average Bonchev–Trinajstić information content (AvgIpc) is 3.16.